The highest BCUT2D eigenvalue weighted by Crippen LogP contribution is 2.19. The molecule has 0 unspecified atom stereocenters. The van der Waals surface area contributed by atoms with Crippen molar-refractivity contribution in [2.75, 3.05) is 11.6 Å². The molecule has 0 saturated carbocycles. The Balaban J connectivity index is 1.59. The van der Waals surface area contributed by atoms with Gasteiger partial charge in [0.2, 0.25) is 17.7 Å². The summed E-state index contributed by atoms with van der Waals surface area (Å²) in [6.45, 7) is 1.99. The predicted molar refractivity (Wildman–Crippen MR) is 101 cm³/mol. The molecule has 0 saturated heterocycles. The predicted octanol–water partition coefficient (Wildman–Crippen LogP) is 3.02. The minimum atomic E-state index is -3.33. The highest BCUT2D eigenvalue weighted by atomic mass is 32.2. The summed E-state index contributed by atoms with van der Waals surface area (Å²) in [5, 5.41) is 10.6. The second-order valence-corrected chi connectivity index (χ2v) is 8.23. The van der Waals surface area contributed by atoms with Gasteiger partial charge in [0, 0.05) is 30.3 Å². The van der Waals surface area contributed by atoms with Gasteiger partial charge in [-0.1, -0.05) is 23.8 Å². The summed E-state index contributed by atoms with van der Waals surface area (Å²) in [5.74, 6) is 0.507. The van der Waals surface area contributed by atoms with E-state index in [1.807, 2.05) is 31.2 Å². The van der Waals surface area contributed by atoms with Crippen molar-refractivity contribution in [3.05, 3.63) is 60.0 Å². The van der Waals surface area contributed by atoms with Crippen LogP contribution in [0.3, 0.4) is 0 Å². The van der Waals surface area contributed by atoms with Crippen LogP contribution in [0.5, 0.6) is 0 Å². The molecule has 3 rings (SSSR count). The highest BCUT2D eigenvalue weighted by molar-refractivity contribution is 7.90. The van der Waals surface area contributed by atoms with Crippen LogP contribution in [0.4, 0.5) is 5.69 Å². The molecule has 3 aromatic rings. The number of carbonyl (C=O) groups is 1. The Labute approximate surface area is 157 Å². The van der Waals surface area contributed by atoms with E-state index < -0.39 is 9.84 Å². The summed E-state index contributed by atoms with van der Waals surface area (Å²) in [5.41, 5.74) is 2.38. The maximum atomic E-state index is 12.1. The number of aromatic nitrogens is 2. The van der Waals surface area contributed by atoms with Gasteiger partial charge < -0.3 is 9.73 Å². The van der Waals surface area contributed by atoms with Gasteiger partial charge in [0.25, 0.3) is 0 Å². The van der Waals surface area contributed by atoms with Gasteiger partial charge in [-0.2, -0.15) is 0 Å². The minimum Gasteiger partial charge on any atom is -0.421 e. The molecule has 0 bridgehead atoms. The van der Waals surface area contributed by atoms with Gasteiger partial charge in [-0.05, 0) is 37.3 Å². The molecule has 1 heterocycles. The minimum absolute atomic E-state index is 0.138. The first-order valence-electron chi connectivity index (χ1n) is 8.31. The van der Waals surface area contributed by atoms with Gasteiger partial charge >= 0.3 is 0 Å². The monoisotopic (exact) mass is 385 g/mol. The van der Waals surface area contributed by atoms with Crippen LogP contribution in [-0.2, 0) is 21.1 Å². The number of nitrogens with one attached hydrogen (secondary N) is 1. The van der Waals surface area contributed by atoms with Crippen molar-refractivity contribution < 1.29 is 17.6 Å². The molecule has 0 aliphatic carbocycles. The van der Waals surface area contributed by atoms with Gasteiger partial charge in [-0.15, -0.1) is 10.2 Å². The summed E-state index contributed by atoms with van der Waals surface area (Å²) in [6, 6.07) is 13.8. The molecule has 0 aliphatic heterocycles. The SMILES string of the molecule is Cc1ccc(-c2nnc(CCC(=O)Nc3cccc(S(C)(=O)=O)c3)o2)cc1. The van der Waals surface area contributed by atoms with E-state index in [2.05, 4.69) is 15.5 Å². The van der Waals surface area contributed by atoms with E-state index in [1.54, 1.807) is 12.1 Å². The fraction of sp³-hybridized carbons (Fsp3) is 0.211. The smallest absolute Gasteiger partial charge is 0.247 e. The summed E-state index contributed by atoms with van der Waals surface area (Å²) in [4.78, 5) is 12.3. The Bertz CT molecular complexity index is 1060. The van der Waals surface area contributed by atoms with E-state index in [-0.39, 0.29) is 23.6 Å². The Morgan fingerprint density at radius 2 is 1.85 bits per heavy atom. The summed E-state index contributed by atoms with van der Waals surface area (Å²) >= 11 is 0. The first kappa shape index (κ1) is 18.8. The number of amides is 1. The van der Waals surface area contributed by atoms with Crippen molar-refractivity contribution in [3.63, 3.8) is 0 Å². The number of benzene rings is 2. The van der Waals surface area contributed by atoms with Crippen LogP contribution in [0, 0.1) is 6.92 Å². The Hall–Kier alpha value is -3.00. The molecule has 8 heteroatoms. The molecule has 0 radical (unpaired) electrons. The van der Waals surface area contributed by atoms with Gasteiger partial charge in [0.15, 0.2) is 9.84 Å². The maximum absolute atomic E-state index is 12.1. The third-order valence-electron chi connectivity index (χ3n) is 3.88. The zero-order valence-electron chi connectivity index (χ0n) is 15.0. The average molecular weight is 385 g/mol. The fourth-order valence-corrected chi connectivity index (χ4v) is 3.08. The lowest BCUT2D eigenvalue weighted by molar-refractivity contribution is -0.116. The number of hydrogen-bond acceptors (Lipinski definition) is 6. The molecule has 0 atom stereocenters. The number of carbonyl (C=O) groups excluding carboxylic acids is 1. The van der Waals surface area contributed by atoms with Crippen molar-refractivity contribution in [1.82, 2.24) is 10.2 Å². The van der Waals surface area contributed by atoms with Crippen molar-refractivity contribution in [1.29, 1.82) is 0 Å². The van der Waals surface area contributed by atoms with Crippen molar-refractivity contribution in [2.24, 2.45) is 0 Å². The van der Waals surface area contributed by atoms with Gasteiger partial charge in [-0.3, -0.25) is 4.79 Å². The largest absolute Gasteiger partial charge is 0.421 e. The van der Waals surface area contributed by atoms with E-state index in [1.165, 1.54) is 12.1 Å². The van der Waals surface area contributed by atoms with Gasteiger partial charge in [0.05, 0.1) is 4.90 Å². The number of aryl methyl sites for hydroxylation is 2. The standard InChI is InChI=1S/C19H19N3O4S/c1-13-6-8-14(9-7-13)19-22-21-18(26-19)11-10-17(23)20-15-4-3-5-16(12-15)27(2,24)25/h3-9,12H,10-11H2,1-2H3,(H,20,23). The normalized spacial score (nSPS) is 11.3. The maximum Gasteiger partial charge on any atom is 0.247 e. The Morgan fingerprint density at radius 3 is 2.56 bits per heavy atom. The van der Waals surface area contributed by atoms with Crippen LogP contribution in [0.25, 0.3) is 11.5 Å². The third-order valence-corrected chi connectivity index (χ3v) is 4.99. The molecule has 1 N–H and O–H groups in total. The number of rotatable bonds is 6. The molecule has 1 aromatic heterocycles. The van der Waals surface area contributed by atoms with Crippen molar-refractivity contribution in [3.8, 4) is 11.5 Å². The molecule has 140 valence electrons. The molecule has 1 amide bonds. The van der Waals surface area contributed by atoms with Gasteiger partial charge in [0.1, 0.15) is 0 Å². The zero-order valence-corrected chi connectivity index (χ0v) is 15.8. The lowest BCUT2D eigenvalue weighted by atomic mass is 10.1. The Morgan fingerprint density at radius 1 is 1.11 bits per heavy atom. The van der Waals surface area contributed by atoms with Crippen LogP contribution < -0.4 is 5.32 Å². The first-order chi connectivity index (χ1) is 12.8. The van der Waals surface area contributed by atoms with Crippen molar-refractivity contribution >= 4 is 21.4 Å². The van der Waals surface area contributed by atoms with Crippen LogP contribution in [0.15, 0.2) is 57.8 Å². The third kappa shape index (κ3) is 5.01. The molecule has 0 aliphatic rings. The first-order valence-corrected chi connectivity index (χ1v) is 10.2. The molecular weight excluding hydrogens is 366 g/mol. The molecule has 0 fully saturated rings. The Kier molecular flexibility index (Phi) is 5.36. The van der Waals surface area contributed by atoms with E-state index in [4.69, 9.17) is 4.42 Å². The van der Waals surface area contributed by atoms with E-state index >= 15 is 0 Å². The second kappa shape index (κ2) is 7.71. The number of sulfone groups is 1. The lowest BCUT2D eigenvalue weighted by Gasteiger charge is -2.06. The summed E-state index contributed by atoms with van der Waals surface area (Å²) in [6.07, 6.45) is 1.55. The van der Waals surface area contributed by atoms with E-state index in [9.17, 15) is 13.2 Å². The highest BCUT2D eigenvalue weighted by Gasteiger charge is 2.12. The van der Waals surface area contributed by atoms with E-state index in [0.29, 0.717) is 17.5 Å². The van der Waals surface area contributed by atoms with Crippen molar-refractivity contribution in [2.45, 2.75) is 24.7 Å². The lowest BCUT2D eigenvalue weighted by Crippen LogP contribution is -2.12. The fourth-order valence-electron chi connectivity index (χ4n) is 2.42. The van der Waals surface area contributed by atoms with Crippen LogP contribution in [-0.4, -0.2) is 30.8 Å². The average Bonchev–Trinajstić information content (AvgIpc) is 3.09. The van der Waals surface area contributed by atoms with E-state index in [0.717, 1.165) is 17.4 Å². The van der Waals surface area contributed by atoms with Crippen LogP contribution >= 0.6 is 0 Å². The topological polar surface area (TPSA) is 102 Å². The van der Waals surface area contributed by atoms with Crippen LogP contribution in [0.1, 0.15) is 17.9 Å². The molecule has 27 heavy (non-hydrogen) atoms. The molecule has 7 nitrogen and oxygen atoms in total. The summed E-state index contributed by atoms with van der Waals surface area (Å²) in [7, 11) is -3.33. The molecular formula is C19H19N3O4S. The molecule has 0 spiro atoms. The number of anilines is 1. The summed E-state index contributed by atoms with van der Waals surface area (Å²) < 4.78 is 28.8. The van der Waals surface area contributed by atoms with Crippen LogP contribution in [0.2, 0.25) is 0 Å². The zero-order chi connectivity index (χ0) is 19.4. The van der Waals surface area contributed by atoms with Gasteiger partial charge in [-0.25, -0.2) is 8.42 Å². The number of nitrogens with zero attached hydrogens (tertiary/aromatic N) is 2. The second-order valence-electron chi connectivity index (χ2n) is 6.22. The quantitative estimate of drug-likeness (QED) is 0.700. The molecule has 2 aromatic carbocycles. The number of hydrogen-bond donors (Lipinski definition) is 1.